The molecule has 0 unspecified atom stereocenters. The Hall–Kier alpha value is -1.67. The van der Waals surface area contributed by atoms with Gasteiger partial charge in [0.25, 0.3) is 0 Å². The minimum atomic E-state index is -3.85. The highest BCUT2D eigenvalue weighted by atomic mass is 32.2. The molecule has 118 valence electrons. The lowest BCUT2D eigenvalue weighted by Crippen LogP contribution is -2.34. The fraction of sp³-hybridized carbons (Fsp3) is 0.462. The predicted octanol–water partition coefficient (Wildman–Crippen LogP) is 0.945. The van der Waals surface area contributed by atoms with Crippen LogP contribution in [0.3, 0.4) is 0 Å². The van der Waals surface area contributed by atoms with Gasteiger partial charge in [0.1, 0.15) is 5.82 Å². The molecular formula is C13H20FN3O3S. The third-order valence-corrected chi connectivity index (χ3v) is 4.49. The van der Waals surface area contributed by atoms with Crippen LogP contribution in [-0.4, -0.2) is 38.9 Å². The Morgan fingerprint density at radius 3 is 2.48 bits per heavy atom. The van der Waals surface area contributed by atoms with Gasteiger partial charge in [-0.2, -0.15) is 0 Å². The second-order valence-electron chi connectivity index (χ2n) is 4.40. The summed E-state index contributed by atoms with van der Waals surface area (Å²) in [4.78, 5) is 13.1. The largest absolute Gasteiger partial charge is 0.396 e. The lowest BCUT2D eigenvalue weighted by Gasteiger charge is -2.18. The number of sulfonamides is 1. The summed E-state index contributed by atoms with van der Waals surface area (Å²) in [6.45, 7) is 4.81. The molecule has 0 aromatic heterocycles. The Morgan fingerprint density at radius 1 is 1.33 bits per heavy atom. The molecule has 1 aromatic rings. The fourth-order valence-electron chi connectivity index (χ4n) is 1.79. The van der Waals surface area contributed by atoms with E-state index in [0.29, 0.717) is 13.1 Å². The van der Waals surface area contributed by atoms with Gasteiger partial charge < -0.3 is 10.6 Å². The Morgan fingerprint density at radius 2 is 1.95 bits per heavy atom. The Bertz CT molecular complexity index is 601. The summed E-state index contributed by atoms with van der Waals surface area (Å²) >= 11 is 0. The number of carbonyl (C=O) groups is 1. The maximum Gasteiger partial charge on any atom is 0.240 e. The SMILES string of the molecule is CCN(CC)C(=O)CCNS(=O)(=O)c1ccc(N)c(F)c1. The molecular weight excluding hydrogens is 297 g/mol. The van der Waals surface area contributed by atoms with Gasteiger partial charge in [-0.1, -0.05) is 0 Å². The van der Waals surface area contributed by atoms with Crippen LogP contribution in [0.2, 0.25) is 0 Å². The van der Waals surface area contributed by atoms with Gasteiger partial charge in [0, 0.05) is 26.1 Å². The second kappa shape index (κ2) is 7.37. The van der Waals surface area contributed by atoms with E-state index in [0.717, 1.165) is 6.07 Å². The van der Waals surface area contributed by atoms with Crippen molar-refractivity contribution in [1.82, 2.24) is 9.62 Å². The Labute approximate surface area is 124 Å². The summed E-state index contributed by atoms with van der Waals surface area (Å²) < 4.78 is 39.4. The Balaban J connectivity index is 2.65. The van der Waals surface area contributed by atoms with Crippen LogP contribution >= 0.6 is 0 Å². The van der Waals surface area contributed by atoms with Crippen LogP contribution in [0, 0.1) is 5.82 Å². The van der Waals surface area contributed by atoms with E-state index in [1.165, 1.54) is 12.1 Å². The first kappa shape index (κ1) is 17.4. The number of nitrogens with two attached hydrogens (primary N) is 1. The van der Waals surface area contributed by atoms with Crippen molar-refractivity contribution in [2.45, 2.75) is 25.2 Å². The monoisotopic (exact) mass is 317 g/mol. The number of hydrogen-bond donors (Lipinski definition) is 2. The van der Waals surface area contributed by atoms with Gasteiger partial charge in [-0.3, -0.25) is 4.79 Å². The van der Waals surface area contributed by atoms with Gasteiger partial charge in [-0.05, 0) is 32.0 Å². The molecule has 0 aliphatic heterocycles. The zero-order chi connectivity index (χ0) is 16.0. The molecule has 0 saturated heterocycles. The van der Waals surface area contributed by atoms with E-state index in [4.69, 9.17) is 5.73 Å². The average molecular weight is 317 g/mol. The van der Waals surface area contributed by atoms with Crippen molar-refractivity contribution in [1.29, 1.82) is 0 Å². The Kier molecular flexibility index (Phi) is 6.10. The van der Waals surface area contributed by atoms with Gasteiger partial charge in [0.05, 0.1) is 10.6 Å². The van der Waals surface area contributed by atoms with Gasteiger partial charge in [0.2, 0.25) is 15.9 Å². The lowest BCUT2D eigenvalue weighted by atomic mass is 10.3. The van der Waals surface area contributed by atoms with Gasteiger partial charge >= 0.3 is 0 Å². The highest BCUT2D eigenvalue weighted by molar-refractivity contribution is 7.89. The van der Waals surface area contributed by atoms with Crippen molar-refractivity contribution >= 4 is 21.6 Å². The van der Waals surface area contributed by atoms with Crippen molar-refractivity contribution < 1.29 is 17.6 Å². The molecule has 8 heteroatoms. The molecule has 0 heterocycles. The summed E-state index contributed by atoms with van der Waals surface area (Å²) in [7, 11) is -3.85. The number of carbonyl (C=O) groups excluding carboxylic acids is 1. The number of benzene rings is 1. The van der Waals surface area contributed by atoms with Crippen LogP contribution in [0.25, 0.3) is 0 Å². The maximum atomic E-state index is 13.3. The number of nitrogens with one attached hydrogen (secondary N) is 1. The number of nitrogens with zero attached hydrogens (tertiary/aromatic N) is 1. The quantitative estimate of drug-likeness (QED) is 0.732. The first-order chi connectivity index (χ1) is 9.81. The molecule has 6 nitrogen and oxygen atoms in total. The van der Waals surface area contributed by atoms with Gasteiger partial charge in [0.15, 0.2) is 0 Å². The van der Waals surface area contributed by atoms with Crippen molar-refractivity contribution in [3.8, 4) is 0 Å². The topological polar surface area (TPSA) is 92.5 Å². The summed E-state index contributed by atoms with van der Waals surface area (Å²) in [6, 6.07) is 3.25. The molecule has 0 radical (unpaired) electrons. The van der Waals surface area contributed by atoms with E-state index < -0.39 is 15.8 Å². The third-order valence-electron chi connectivity index (χ3n) is 3.03. The molecule has 0 fully saturated rings. The number of hydrogen-bond acceptors (Lipinski definition) is 4. The van der Waals surface area contributed by atoms with Crippen LogP contribution in [0.5, 0.6) is 0 Å². The summed E-state index contributed by atoms with van der Waals surface area (Å²) in [5.74, 6) is -0.928. The molecule has 1 rings (SSSR count). The van der Waals surface area contributed by atoms with Crippen LogP contribution in [0.4, 0.5) is 10.1 Å². The van der Waals surface area contributed by atoms with Crippen molar-refractivity contribution in [3.63, 3.8) is 0 Å². The van der Waals surface area contributed by atoms with Gasteiger partial charge in [-0.15, -0.1) is 0 Å². The van der Waals surface area contributed by atoms with E-state index >= 15 is 0 Å². The predicted molar refractivity (Wildman–Crippen MR) is 78.5 cm³/mol. The third kappa shape index (κ3) is 4.68. The van der Waals surface area contributed by atoms with Gasteiger partial charge in [-0.25, -0.2) is 17.5 Å². The lowest BCUT2D eigenvalue weighted by molar-refractivity contribution is -0.130. The number of nitrogen functional groups attached to an aromatic ring is 1. The average Bonchev–Trinajstić information content (AvgIpc) is 2.43. The minimum absolute atomic E-state index is 0.0380. The van der Waals surface area contributed by atoms with Crippen molar-refractivity contribution in [2.75, 3.05) is 25.4 Å². The van der Waals surface area contributed by atoms with E-state index in [2.05, 4.69) is 4.72 Å². The van der Waals surface area contributed by atoms with Crippen LogP contribution in [0.15, 0.2) is 23.1 Å². The van der Waals surface area contributed by atoms with Crippen LogP contribution in [-0.2, 0) is 14.8 Å². The molecule has 0 aliphatic carbocycles. The first-order valence-electron chi connectivity index (χ1n) is 6.64. The molecule has 3 N–H and O–H groups in total. The van der Waals surface area contributed by atoms with Crippen molar-refractivity contribution in [3.05, 3.63) is 24.0 Å². The highest BCUT2D eigenvalue weighted by Crippen LogP contribution is 2.15. The van der Waals surface area contributed by atoms with Crippen LogP contribution < -0.4 is 10.5 Å². The molecule has 1 aromatic carbocycles. The van der Waals surface area contributed by atoms with Crippen LogP contribution in [0.1, 0.15) is 20.3 Å². The fourth-order valence-corrected chi connectivity index (χ4v) is 2.83. The first-order valence-corrected chi connectivity index (χ1v) is 8.12. The number of anilines is 1. The number of amides is 1. The normalized spacial score (nSPS) is 11.4. The van der Waals surface area contributed by atoms with Crippen molar-refractivity contribution in [2.24, 2.45) is 0 Å². The smallest absolute Gasteiger partial charge is 0.240 e. The maximum absolute atomic E-state index is 13.3. The molecule has 0 spiro atoms. The van der Waals surface area contributed by atoms with E-state index in [1.54, 1.807) is 4.90 Å². The van der Waals surface area contributed by atoms with E-state index in [9.17, 15) is 17.6 Å². The zero-order valence-electron chi connectivity index (χ0n) is 12.1. The molecule has 1 amide bonds. The number of halogens is 1. The summed E-state index contributed by atoms with van der Waals surface area (Å²) in [5.41, 5.74) is 5.18. The molecule has 0 saturated carbocycles. The molecule has 0 bridgehead atoms. The van der Waals surface area contributed by atoms with E-state index in [-0.39, 0.29) is 29.5 Å². The standard InChI is InChI=1S/C13H20FN3O3S/c1-3-17(4-2)13(18)7-8-16-21(19,20)10-5-6-12(15)11(14)9-10/h5-6,9,16H,3-4,7-8,15H2,1-2H3. The molecule has 0 atom stereocenters. The molecule has 21 heavy (non-hydrogen) atoms. The second-order valence-corrected chi connectivity index (χ2v) is 6.16. The minimum Gasteiger partial charge on any atom is -0.396 e. The van der Waals surface area contributed by atoms with E-state index in [1.807, 2.05) is 13.8 Å². The number of rotatable bonds is 7. The summed E-state index contributed by atoms with van der Waals surface area (Å²) in [6.07, 6.45) is 0.0539. The zero-order valence-corrected chi connectivity index (χ0v) is 12.9. The summed E-state index contributed by atoms with van der Waals surface area (Å²) in [5, 5.41) is 0. The highest BCUT2D eigenvalue weighted by Gasteiger charge is 2.17. The molecule has 0 aliphatic rings.